The second kappa shape index (κ2) is 10.6. The van der Waals surface area contributed by atoms with Crippen molar-refractivity contribution in [3.63, 3.8) is 0 Å². The van der Waals surface area contributed by atoms with Crippen LogP contribution in [0.5, 0.6) is 0 Å². The minimum absolute atomic E-state index is 0.0870. The molecule has 0 amide bonds. The van der Waals surface area contributed by atoms with Crippen LogP contribution in [0.3, 0.4) is 0 Å². The summed E-state index contributed by atoms with van der Waals surface area (Å²) >= 11 is 0. The van der Waals surface area contributed by atoms with Crippen molar-refractivity contribution in [1.82, 2.24) is 0 Å². The monoisotopic (exact) mass is 288 g/mol. The molecule has 0 saturated heterocycles. The Balaban J connectivity index is 1.76. The van der Waals surface area contributed by atoms with Crippen LogP contribution in [-0.4, -0.2) is 51.3 Å². The van der Waals surface area contributed by atoms with Gasteiger partial charge in [0.2, 0.25) is 0 Å². The zero-order valence-electron chi connectivity index (χ0n) is 13.5. The van der Waals surface area contributed by atoms with Crippen LogP contribution in [0.4, 0.5) is 0 Å². The second-order valence-corrected chi connectivity index (χ2v) is 6.32. The molecule has 120 valence electrons. The molecule has 0 aromatic rings. The molecule has 1 rings (SSSR count). The molecule has 0 atom stereocenters. The first-order chi connectivity index (χ1) is 9.58. The lowest BCUT2D eigenvalue weighted by atomic mass is 9.98. The van der Waals surface area contributed by atoms with Crippen molar-refractivity contribution < 1.29 is 18.9 Å². The van der Waals surface area contributed by atoms with Gasteiger partial charge in [-0.1, -0.05) is 19.3 Å². The van der Waals surface area contributed by atoms with Gasteiger partial charge in [0.25, 0.3) is 0 Å². The fourth-order valence-corrected chi connectivity index (χ4v) is 2.23. The normalized spacial score (nSPS) is 17.6. The number of hydrogen-bond donors (Lipinski definition) is 0. The molecule has 0 N–H and O–H groups in total. The van der Waals surface area contributed by atoms with Crippen LogP contribution in [0.2, 0.25) is 0 Å². The topological polar surface area (TPSA) is 36.9 Å². The summed E-state index contributed by atoms with van der Waals surface area (Å²) in [5.41, 5.74) is -0.0870. The number of ether oxygens (including phenoxy) is 4. The SMILES string of the molecule is CC(C)(C)OCCOCCOCCOC1CCCCC1. The van der Waals surface area contributed by atoms with E-state index in [2.05, 4.69) is 0 Å². The van der Waals surface area contributed by atoms with Gasteiger partial charge in [0.05, 0.1) is 51.3 Å². The Morgan fingerprint density at radius 1 is 0.750 bits per heavy atom. The van der Waals surface area contributed by atoms with E-state index in [9.17, 15) is 0 Å². The Hall–Kier alpha value is -0.160. The van der Waals surface area contributed by atoms with Gasteiger partial charge in [-0.2, -0.15) is 0 Å². The van der Waals surface area contributed by atoms with Crippen LogP contribution in [0.25, 0.3) is 0 Å². The van der Waals surface area contributed by atoms with E-state index < -0.39 is 0 Å². The van der Waals surface area contributed by atoms with Crippen LogP contribution >= 0.6 is 0 Å². The van der Waals surface area contributed by atoms with Crippen molar-refractivity contribution in [1.29, 1.82) is 0 Å². The maximum absolute atomic E-state index is 5.78. The van der Waals surface area contributed by atoms with E-state index in [4.69, 9.17) is 18.9 Å². The summed E-state index contributed by atoms with van der Waals surface area (Å²) in [7, 11) is 0. The van der Waals surface area contributed by atoms with Crippen molar-refractivity contribution in [3.05, 3.63) is 0 Å². The van der Waals surface area contributed by atoms with Crippen molar-refractivity contribution in [2.45, 2.75) is 64.6 Å². The van der Waals surface area contributed by atoms with E-state index in [0.717, 1.165) is 0 Å². The van der Waals surface area contributed by atoms with Gasteiger partial charge in [-0.25, -0.2) is 0 Å². The van der Waals surface area contributed by atoms with E-state index in [-0.39, 0.29) is 5.60 Å². The smallest absolute Gasteiger partial charge is 0.0707 e. The summed E-state index contributed by atoms with van der Waals surface area (Å²) < 4.78 is 22.3. The van der Waals surface area contributed by atoms with Gasteiger partial charge in [0, 0.05) is 0 Å². The summed E-state index contributed by atoms with van der Waals surface area (Å²) in [4.78, 5) is 0. The van der Waals surface area contributed by atoms with Gasteiger partial charge in [-0.3, -0.25) is 0 Å². The lowest BCUT2D eigenvalue weighted by Gasteiger charge is -2.21. The minimum Gasteiger partial charge on any atom is -0.377 e. The molecule has 0 aliphatic heterocycles. The summed E-state index contributed by atoms with van der Waals surface area (Å²) in [6.07, 6.45) is 6.91. The predicted molar refractivity (Wildman–Crippen MR) is 80.2 cm³/mol. The summed E-state index contributed by atoms with van der Waals surface area (Å²) in [6, 6.07) is 0. The van der Waals surface area contributed by atoms with E-state index in [1.165, 1.54) is 32.1 Å². The van der Waals surface area contributed by atoms with Gasteiger partial charge in [0.1, 0.15) is 0 Å². The Bertz CT molecular complexity index is 219. The highest BCUT2D eigenvalue weighted by Gasteiger charge is 2.13. The molecular weight excluding hydrogens is 256 g/mol. The molecule has 1 saturated carbocycles. The highest BCUT2D eigenvalue weighted by molar-refractivity contribution is 4.64. The third-order valence-electron chi connectivity index (χ3n) is 3.27. The molecule has 0 radical (unpaired) electrons. The molecular formula is C16H32O4. The molecule has 0 aromatic carbocycles. The Morgan fingerprint density at radius 2 is 1.30 bits per heavy atom. The van der Waals surface area contributed by atoms with Gasteiger partial charge >= 0.3 is 0 Å². The van der Waals surface area contributed by atoms with E-state index in [0.29, 0.717) is 45.7 Å². The highest BCUT2D eigenvalue weighted by atomic mass is 16.6. The third kappa shape index (κ3) is 10.6. The van der Waals surface area contributed by atoms with Crippen LogP contribution in [-0.2, 0) is 18.9 Å². The molecule has 0 aromatic heterocycles. The fraction of sp³-hybridized carbons (Fsp3) is 1.00. The molecule has 1 aliphatic rings. The van der Waals surface area contributed by atoms with Crippen LogP contribution in [0, 0.1) is 0 Å². The summed E-state index contributed by atoms with van der Waals surface area (Å²) in [5.74, 6) is 0. The molecule has 4 heteroatoms. The first-order valence-corrected chi connectivity index (χ1v) is 7.99. The van der Waals surface area contributed by atoms with Crippen LogP contribution in [0.1, 0.15) is 52.9 Å². The maximum Gasteiger partial charge on any atom is 0.0707 e. The molecule has 0 bridgehead atoms. The average Bonchev–Trinajstić information content (AvgIpc) is 2.41. The Kier molecular flexibility index (Phi) is 9.44. The number of rotatable bonds is 10. The lowest BCUT2D eigenvalue weighted by Crippen LogP contribution is -2.22. The fourth-order valence-electron chi connectivity index (χ4n) is 2.23. The largest absolute Gasteiger partial charge is 0.377 e. The van der Waals surface area contributed by atoms with Gasteiger partial charge in [0.15, 0.2) is 0 Å². The molecule has 1 fully saturated rings. The van der Waals surface area contributed by atoms with Crippen molar-refractivity contribution in [3.8, 4) is 0 Å². The molecule has 1 aliphatic carbocycles. The maximum atomic E-state index is 5.78. The van der Waals surface area contributed by atoms with Crippen molar-refractivity contribution in [2.24, 2.45) is 0 Å². The van der Waals surface area contributed by atoms with E-state index in [1.807, 2.05) is 20.8 Å². The first kappa shape index (κ1) is 17.9. The molecule has 20 heavy (non-hydrogen) atoms. The van der Waals surface area contributed by atoms with Crippen LogP contribution in [0.15, 0.2) is 0 Å². The minimum atomic E-state index is -0.0870. The lowest BCUT2D eigenvalue weighted by molar-refractivity contribution is -0.0494. The molecule has 0 spiro atoms. The highest BCUT2D eigenvalue weighted by Crippen LogP contribution is 2.19. The molecule has 4 nitrogen and oxygen atoms in total. The Labute approximate surface area is 124 Å². The van der Waals surface area contributed by atoms with Gasteiger partial charge < -0.3 is 18.9 Å². The summed E-state index contributed by atoms with van der Waals surface area (Å²) in [6.45, 7) is 10.0. The third-order valence-corrected chi connectivity index (χ3v) is 3.27. The van der Waals surface area contributed by atoms with Gasteiger partial charge in [-0.05, 0) is 33.6 Å². The average molecular weight is 288 g/mol. The Morgan fingerprint density at radius 3 is 1.90 bits per heavy atom. The van der Waals surface area contributed by atoms with E-state index >= 15 is 0 Å². The van der Waals surface area contributed by atoms with Crippen molar-refractivity contribution >= 4 is 0 Å². The first-order valence-electron chi connectivity index (χ1n) is 7.99. The molecule has 0 unspecified atom stereocenters. The quantitative estimate of drug-likeness (QED) is 0.579. The number of hydrogen-bond acceptors (Lipinski definition) is 4. The summed E-state index contributed by atoms with van der Waals surface area (Å²) in [5, 5.41) is 0. The predicted octanol–water partition coefficient (Wildman–Crippen LogP) is 3.18. The second-order valence-electron chi connectivity index (χ2n) is 6.32. The van der Waals surface area contributed by atoms with Gasteiger partial charge in [-0.15, -0.1) is 0 Å². The zero-order chi connectivity index (χ0) is 14.7. The molecule has 0 heterocycles. The van der Waals surface area contributed by atoms with Crippen LogP contribution < -0.4 is 0 Å². The zero-order valence-corrected chi connectivity index (χ0v) is 13.5. The standard InChI is InChI=1S/C16H32O4/c1-16(2,3)20-14-12-18-10-9-17-11-13-19-15-7-5-4-6-8-15/h15H,4-14H2,1-3H3. The van der Waals surface area contributed by atoms with Crippen molar-refractivity contribution in [2.75, 3.05) is 39.6 Å². The van der Waals surface area contributed by atoms with E-state index in [1.54, 1.807) is 0 Å².